The first-order valence-corrected chi connectivity index (χ1v) is 9.09. The van der Waals surface area contributed by atoms with Gasteiger partial charge in [0.2, 0.25) is 5.91 Å². The Balaban J connectivity index is 1.60. The van der Waals surface area contributed by atoms with Crippen molar-refractivity contribution in [2.45, 2.75) is 19.3 Å². The lowest BCUT2D eigenvalue weighted by atomic mass is 10.1. The largest absolute Gasteiger partial charge is 0.496 e. The average molecular weight is 366 g/mol. The number of rotatable bonds is 5. The summed E-state index contributed by atoms with van der Waals surface area (Å²) in [4.78, 5) is 27.2. The summed E-state index contributed by atoms with van der Waals surface area (Å²) in [6.45, 7) is 0.711. The van der Waals surface area contributed by atoms with Gasteiger partial charge in [0, 0.05) is 23.8 Å². The molecule has 2 aliphatic rings. The standard InChI is InChI=1S/C21H22N2O4/c1-26-17-4-3-5-18(27-2)19(17)20(24)22-15-9-8-13-10-11-23(16(13)12-15)21(25)14-6-7-14/h3-5,8-9,12,14H,6-7,10-11H2,1-2H3,(H,22,24). The first-order valence-electron chi connectivity index (χ1n) is 9.09. The number of methoxy groups -OCH3 is 2. The van der Waals surface area contributed by atoms with Crippen molar-refractivity contribution < 1.29 is 19.1 Å². The van der Waals surface area contributed by atoms with Crippen LogP contribution in [-0.2, 0) is 11.2 Å². The average Bonchev–Trinajstić information content (AvgIpc) is 3.46. The second kappa shape index (κ2) is 6.95. The minimum Gasteiger partial charge on any atom is -0.496 e. The third-order valence-corrected chi connectivity index (χ3v) is 5.09. The van der Waals surface area contributed by atoms with Crippen LogP contribution in [0.15, 0.2) is 36.4 Å². The molecule has 0 unspecified atom stereocenters. The van der Waals surface area contributed by atoms with Crippen molar-refractivity contribution in [3.63, 3.8) is 0 Å². The fourth-order valence-electron chi connectivity index (χ4n) is 3.51. The van der Waals surface area contributed by atoms with E-state index >= 15 is 0 Å². The van der Waals surface area contributed by atoms with Crippen LogP contribution in [0.1, 0.15) is 28.8 Å². The second-order valence-corrected chi connectivity index (χ2v) is 6.85. The van der Waals surface area contributed by atoms with Crippen LogP contribution in [0.25, 0.3) is 0 Å². The van der Waals surface area contributed by atoms with Crippen LogP contribution in [0.3, 0.4) is 0 Å². The predicted octanol–water partition coefficient (Wildman–Crippen LogP) is 3.26. The SMILES string of the molecule is COc1cccc(OC)c1C(=O)Nc1ccc2c(c1)N(C(=O)C1CC1)CC2. The topological polar surface area (TPSA) is 67.9 Å². The van der Waals surface area contributed by atoms with Crippen LogP contribution < -0.4 is 19.7 Å². The zero-order valence-electron chi connectivity index (χ0n) is 15.5. The molecule has 2 aromatic carbocycles. The van der Waals surface area contributed by atoms with Gasteiger partial charge in [-0.15, -0.1) is 0 Å². The Kier molecular flexibility index (Phi) is 4.48. The van der Waals surface area contributed by atoms with Gasteiger partial charge < -0.3 is 19.7 Å². The molecule has 6 nitrogen and oxygen atoms in total. The Labute approximate surface area is 158 Å². The van der Waals surface area contributed by atoms with Crippen LogP contribution >= 0.6 is 0 Å². The Morgan fingerprint density at radius 1 is 1.07 bits per heavy atom. The molecule has 0 radical (unpaired) electrons. The van der Waals surface area contributed by atoms with Gasteiger partial charge in [0.05, 0.1) is 14.2 Å². The molecule has 27 heavy (non-hydrogen) atoms. The summed E-state index contributed by atoms with van der Waals surface area (Å²) in [7, 11) is 3.03. The molecule has 1 heterocycles. The Hall–Kier alpha value is -3.02. The fourth-order valence-corrected chi connectivity index (χ4v) is 3.51. The number of anilines is 2. The van der Waals surface area contributed by atoms with Crippen LogP contribution in [0, 0.1) is 5.92 Å². The molecule has 0 saturated heterocycles. The molecule has 0 atom stereocenters. The molecule has 1 fully saturated rings. The molecule has 2 amide bonds. The highest BCUT2D eigenvalue weighted by Gasteiger charge is 2.36. The number of fused-ring (bicyclic) bond motifs is 1. The van der Waals surface area contributed by atoms with Crippen LogP contribution in [0.5, 0.6) is 11.5 Å². The molecule has 4 rings (SSSR count). The molecule has 0 aromatic heterocycles. The summed E-state index contributed by atoms with van der Waals surface area (Å²) in [5.41, 5.74) is 3.02. The maximum Gasteiger partial charge on any atom is 0.263 e. The number of carbonyl (C=O) groups excluding carboxylic acids is 2. The highest BCUT2D eigenvalue weighted by molar-refractivity contribution is 6.08. The number of benzene rings is 2. The fraction of sp³-hybridized carbons (Fsp3) is 0.333. The maximum absolute atomic E-state index is 12.9. The Morgan fingerprint density at radius 3 is 2.41 bits per heavy atom. The summed E-state index contributed by atoms with van der Waals surface area (Å²) in [6.07, 6.45) is 2.81. The number of hydrogen-bond acceptors (Lipinski definition) is 4. The van der Waals surface area contributed by atoms with Gasteiger partial charge in [-0.3, -0.25) is 9.59 Å². The van der Waals surface area contributed by atoms with Crippen molar-refractivity contribution >= 4 is 23.2 Å². The third-order valence-electron chi connectivity index (χ3n) is 5.09. The molecule has 6 heteroatoms. The van der Waals surface area contributed by atoms with Gasteiger partial charge in [0.25, 0.3) is 5.91 Å². The van der Waals surface area contributed by atoms with Crippen molar-refractivity contribution in [2.75, 3.05) is 31.0 Å². The molecule has 1 saturated carbocycles. The summed E-state index contributed by atoms with van der Waals surface area (Å²) >= 11 is 0. The summed E-state index contributed by atoms with van der Waals surface area (Å²) in [5, 5.41) is 2.90. The molecule has 0 bridgehead atoms. The van der Waals surface area contributed by atoms with E-state index in [1.807, 2.05) is 23.1 Å². The van der Waals surface area contributed by atoms with Crippen molar-refractivity contribution in [2.24, 2.45) is 5.92 Å². The molecule has 1 aliphatic carbocycles. The van der Waals surface area contributed by atoms with E-state index in [2.05, 4.69) is 5.32 Å². The molecule has 2 aromatic rings. The predicted molar refractivity (Wildman–Crippen MR) is 103 cm³/mol. The minimum absolute atomic E-state index is 0.173. The quantitative estimate of drug-likeness (QED) is 0.882. The van der Waals surface area contributed by atoms with Crippen LogP contribution in [-0.4, -0.2) is 32.6 Å². The highest BCUT2D eigenvalue weighted by Crippen LogP contribution is 2.38. The van der Waals surface area contributed by atoms with E-state index in [1.165, 1.54) is 14.2 Å². The first kappa shape index (κ1) is 17.4. The summed E-state index contributed by atoms with van der Waals surface area (Å²) < 4.78 is 10.6. The lowest BCUT2D eigenvalue weighted by Crippen LogP contribution is -2.30. The van der Waals surface area contributed by atoms with E-state index in [4.69, 9.17) is 9.47 Å². The van der Waals surface area contributed by atoms with E-state index in [9.17, 15) is 9.59 Å². The van der Waals surface area contributed by atoms with E-state index < -0.39 is 0 Å². The van der Waals surface area contributed by atoms with Gasteiger partial charge in [0.1, 0.15) is 17.1 Å². The van der Waals surface area contributed by atoms with Gasteiger partial charge in [-0.2, -0.15) is 0 Å². The zero-order chi connectivity index (χ0) is 19.0. The molecule has 1 aliphatic heterocycles. The van der Waals surface area contributed by atoms with Gasteiger partial charge in [-0.25, -0.2) is 0 Å². The van der Waals surface area contributed by atoms with Crippen molar-refractivity contribution in [1.82, 2.24) is 0 Å². The minimum atomic E-state index is -0.317. The smallest absolute Gasteiger partial charge is 0.263 e. The lowest BCUT2D eigenvalue weighted by Gasteiger charge is -2.18. The van der Waals surface area contributed by atoms with Crippen molar-refractivity contribution in [3.05, 3.63) is 47.5 Å². The number of hydrogen-bond donors (Lipinski definition) is 1. The van der Waals surface area contributed by atoms with E-state index in [1.54, 1.807) is 18.2 Å². The Bertz CT molecular complexity index is 883. The molecular weight excluding hydrogens is 344 g/mol. The van der Waals surface area contributed by atoms with Gasteiger partial charge in [-0.1, -0.05) is 12.1 Å². The highest BCUT2D eigenvalue weighted by atomic mass is 16.5. The van der Waals surface area contributed by atoms with Crippen LogP contribution in [0.2, 0.25) is 0 Å². The lowest BCUT2D eigenvalue weighted by molar-refractivity contribution is -0.119. The van der Waals surface area contributed by atoms with Gasteiger partial charge in [0.15, 0.2) is 0 Å². The van der Waals surface area contributed by atoms with Crippen molar-refractivity contribution in [1.29, 1.82) is 0 Å². The molecule has 0 spiro atoms. The van der Waals surface area contributed by atoms with E-state index in [0.717, 1.165) is 30.5 Å². The number of carbonyl (C=O) groups is 2. The molecular formula is C21H22N2O4. The monoisotopic (exact) mass is 366 g/mol. The Morgan fingerprint density at radius 2 is 1.78 bits per heavy atom. The maximum atomic E-state index is 12.9. The number of ether oxygens (including phenoxy) is 2. The second-order valence-electron chi connectivity index (χ2n) is 6.85. The van der Waals surface area contributed by atoms with Crippen molar-refractivity contribution in [3.8, 4) is 11.5 Å². The van der Waals surface area contributed by atoms with Gasteiger partial charge >= 0.3 is 0 Å². The van der Waals surface area contributed by atoms with E-state index in [-0.39, 0.29) is 17.7 Å². The summed E-state index contributed by atoms with van der Waals surface area (Å²) in [6, 6.07) is 10.9. The molecule has 140 valence electrons. The normalized spacial score (nSPS) is 15.3. The number of nitrogens with zero attached hydrogens (tertiary/aromatic N) is 1. The number of nitrogens with one attached hydrogen (secondary N) is 1. The zero-order valence-corrected chi connectivity index (χ0v) is 15.5. The number of amides is 2. The third kappa shape index (κ3) is 3.23. The van der Waals surface area contributed by atoms with Crippen LogP contribution in [0.4, 0.5) is 11.4 Å². The summed E-state index contributed by atoms with van der Waals surface area (Å²) in [5.74, 6) is 0.940. The van der Waals surface area contributed by atoms with Gasteiger partial charge in [-0.05, 0) is 49.1 Å². The molecule has 1 N–H and O–H groups in total. The first-order chi connectivity index (χ1) is 13.1. The van der Waals surface area contributed by atoms with E-state index in [0.29, 0.717) is 29.3 Å².